The SMILES string of the molecule is CC1CCCC(CC(=O)NCCO)(C(=O)O)C1. The molecular weight excluding hydrogens is 222 g/mol. The van der Waals surface area contributed by atoms with Gasteiger partial charge >= 0.3 is 5.97 Å². The number of carboxylic acids is 1. The summed E-state index contributed by atoms with van der Waals surface area (Å²) >= 11 is 0. The van der Waals surface area contributed by atoms with Gasteiger partial charge in [0.05, 0.1) is 12.0 Å². The van der Waals surface area contributed by atoms with Gasteiger partial charge in [0.25, 0.3) is 0 Å². The van der Waals surface area contributed by atoms with E-state index in [0.29, 0.717) is 18.8 Å². The molecule has 1 saturated carbocycles. The molecule has 3 N–H and O–H groups in total. The predicted octanol–water partition coefficient (Wildman–Crippen LogP) is 0.766. The minimum absolute atomic E-state index is 0.0205. The molecule has 0 saturated heterocycles. The fourth-order valence-corrected chi connectivity index (χ4v) is 2.66. The molecular formula is C12H21NO4. The lowest BCUT2D eigenvalue weighted by Gasteiger charge is -2.35. The molecule has 0 aromatic carbocycles. The van der Waals surface area contributed by atoms with E-state index in [0.717, 1.165) is 12.8 Å². The third-order valence-corrected chi connectivity index (χ3v) is 3.48. The first kappa shape index (κ1) is 14.0. The van der Waals surface area contributed by atoms with Crippen molar-refractivity contribution in [2.75, 3.05) is 13.2 Å². The van der Waals surface area contributed by atoms with Gasteiger partial charge in [-0.1, -0.05) is 19.8 Å². The van der Waals surface area contributed by atoms with Crippen LogP contribution in [0.15, 0.2) is 0 Å². The Balaban J connectivity index is 2.65. The lowest BCUT2D eigenvalue weighted by molar-refractivity contribution is -0.155. The van der Waals surface area contributed by atoms with Crippen LogP contribution in [0.1, 0.15) is 39.0 Å². The van der Waals surface area contributed by atoms with E-state index >= 15 is 0 Å². The third-order valence-electron chi connectivity index (χ3n) is 3.48. The van der Waals surface area contributed by atoms with Crippen LogP contribution in [-0.2, 0) is 9.59 Å². The molecule has 98 valence electrons. The molecule has 1 aliphatic carbocycles. The van der Waals surface area contributed by atoms with Crippen molar-refractivity contribution >= 4 is 11.9 Å². The number of carboxylic acid groups (broad SMARTS) is 1. The van der Waals surface area contributed by atoms with Crippen LogP contribution < -0.4 is 5.32 Å². The van der Waals surface area contributed by atoms with Crippen molar-refractivity contribution in [1.82, 2.24) is 5.32 Å². The first-order valence-electron chi connectivity index (χ1n) is 6.11. The number of aliphatic carboxylic acids is 1. The molecule has 2 atom stereocenters. The van der Waals surface area contributed by atoms with Gasteiger partial charge in [0.15, 0.2) is 0 Å². The fourth-order valence-electron chi connectivity index (χ4n) is 2.66. The van der Waals surface area contributed by atoms with E-state index in [1.54, 1.807) is 0 Å². The first-order chi connectivity index (χ1) is 8.00. The molecule has 0 radical (unpaired) electrons. The maximum Gasteiger partial charge on any atom is 0.310 e. The predicted molar refractivity (Wildman–Crippen MR) is 62.4 cm³/mol. The van der Waals surface area contributed by atoms with Gasteiger partial charge in [-0.2, -0.15) is 0 Å². The van der Waals surface area contributed by atoms with Crippen LogP contribution in [0.3, 0.4) is 0 Å². The van der Waals surface area contributed by atoms with Gasteiger partial charge in [0, 0.05) is 13.0 Å². The summed E-state index contributed by atoms with van der Waals surface area (Å²) in [6.45, 7) is 2.09. The van der Waals surface area contributed by atoms with Crippen molar-refractivity contribution in [3.8, 4) is 0 Å². The molecule has 0 bridgehead atoms. The summed E-state index contributed by atoms with van der Waals surface area (Å²) < 4.78 is 0. The molecule has 1 aliphatic rings. The molecule has 5 heteroatoms. The van der Waals surface area contributed by atoms with Crippen LogP contribution in [0.5, 0.6) is 0 Å². The van der Waals surface area contributed by atoms with E-state index in [1.807, 2.05) is 6.92 Å². The topological polar surface area (TPSA) is 86.6 Å². The summed E-state index contributed by atoms with van der Waals surface area (Å²) in [5.74, 6) is -0.802. The zero-order chi connectivity index (χ0) is 12.9. The Morgan fingerprint density at radius 1 is 1.47 bits per heavy atom. The molecule has 1 fully saturated rings. The highest BCUT2D eigenvalue weighted by Gasteiger charge is 2.43. The van der Waals surface area contributed by atoms with Crippen molar-refractivity contribution in [2.45, 2.75) is 39.0 Å². The van der Waals surface area contributed by atoms with Crippen molar-refractivity contribution in [1.29, 1.82) is 0 Å². The lowest BCUT2D eigenvalue weighted by atomic mass is 9.68. The second kappa shape index (κ2) is 6.00. The van der Waals surface area contributed by atoms with Crippen LogP contribution in [0.4, 0.5) is 0 Å². The summed E-state index contributed by atoms with van der Waals surface area (Å²) in [6, 6.07) is 0. The zero-order valence-corrected chi connectivity index (χ0v) is 10.2. The van der Waals surface area contributed by atoms with Crippen molar-refractivity contribution in [2.24, 2.45) is 11.3 Å². The average Bonchev–Trinajstić information content (AvgIpc) is 2.26. The maximum absolute atomic E-state index is 11.6. The highest BCUT2D eigenvalue weighted by Crippen LogP contribution is 2.42. The molecule has 0 heterocycles. The molecule has 0 aromatic heterocycles. The normalized spacial score (nSPS) is 28.7. The average molecular weight is 243 g/mol. The van der Waals surface area contributed by atoms with E-state index in [4.69, 9.17) is 5.11 Å². The highest BCUT2D eigenvalue weighted by molar-refractivity contribution is 5.85. The van der Waals surface area contributed by atoms with Gasteiger partial charge in [-0.05, 0) is 18.8 Å². The van der Waals surface area contributed by atoms with E-state index < -0.39 is 11.4 Å². The zero-order valence-electron chi connectivity index (χ0n) is 10.2. The smallest absolute Gasteiger partial charge is 0.310 e. The number of carbonyl (C=O) groups is 2. The number of nitrogens with one attached hydrogen (secondary N) is 1. The number of aliphatic hydroxyl groups excluding tert-OH is 1. The minimum atomic E-state index is -0.906. The Labute approximate surface area is 101 Å². The van der Waals surface area contributed by atoms with Gasteiger partial charge in [0.2, 0.25) is 5.91 Å². The van der Waals surface area contributed by atoms with E-state index in [2.05, 4.69) is 5.32 Å². The second-order valence-corrected chi connectivity index (χ2v) is 5.04. The Hall–Kier alpha value is -1.10. The summed E-state index contributed by atoms with van der Waals surface area (Å²) in [6.07, 6.45) is 3.05. The van der Waals surface area contributed by atoms with Gasteiger partial charge in [-0.3, -0.25) is 9.59 Å². The van der Waals surface area contributed by atoms with Gasteiger partial charge in [-0.15, -0.1) is 0 Å². The molecule has 17 heavy (non-hydrogen) atoms. The number of hydrogen-bond donors (Lipinski definition) is 3. The summed E-state index contributed by atoms with van der Waals surface area (Å²) in [7, 11) is 0. The number of carbonyl (C=O) groups excluding carboxylic acids is 1. The summed E-state index contributed by atoms with van der Waals surface area (Å²) in [5, 5.41) is 20.5. The maximum atomic E-state index is 11.6. The Kier molecular flexibility index (Phi) is 4.93. The first-order valence-corrected chi connectivity index (χ1v) is 6.11. The monoisotopic (exact) mass is 243 g/mol. The van der Waals surface area contributed by atoms with Gasteiger partial charge in [0.1, 0.15) is 0 Å². The van der Waals surface area contributed by atoms with Crippen molar-refractivity contribution in [3.05, 3.63) is 0 Å². The number of hydrogen-bond acceptors (Lipinski definition) is 3. The summed E-state index contributed by atoms with van der Waals surface area (Å²) in [5.41, 5.74) is -0.906. The largest absolute Gasteiger partial charge is 0.481 e. The van der Waals surface area contributed by atoms with Crippen LogP contribution in [0.25, 0.3) is 0 Å². The van der Waals surface area contributed by atoms with E-state index in [-0.39, 0.29) is 25.5 Å². The third kappa shape index (κ3) is 3.70. The molecule has 1 amide bonds. The molecule has 0 aromatic rings. The summed E-state index contributed by atoms with van der Waals surface area (Å²) in [4.78, 5) is 23.0. The molecule has 1 rings (SSSR count). The molecule has 0 aliphatic heterocycles. The van der Waals surface area contributed by atoms with Crippen LogP contribution in [0, 0.1) is 11.3 Å². The van der Waals surface area contributed by atoms with Crippen LogP contribution in [-0.4, -0.2) is 35.2 Å². The van der Waals surface area contributed by atoms with Gasteiger partial charge < -0.3 is 15.5 Å². The molecule has 5 nitrogen and oxygen atoms in total. The van der Waals surface area contributed by atoms with Crippen molar-refractivity contribution in [3.63, 3.8) is 0 Å². The standard InChI is InChI=1S/C12H21NO4/c1-9-3-2-4-12(7-9,11(16)17)8-10(15)13-5-6-14/h9,14H,2-8H2,1H3,(H,13,15)(H,16,17). The van der Waals surface area contributed by atoms with Gasteiger partial charge in [-0.25, -0.2) is 0 Å². The fraction of sp³-hybridized carbons (Fsp3) is 0.833. The Morgan fingerprint density at radius 2 is 2.18 bits per heavy atom. The van der Waals surface area contributed by atoms with Crippen LogP contribution in [0.2, 0.25) is 0 Å². The van der Waals surface area contributed by atoms with Crippen LogP contribution >= 0.6 is 0 Å². The minimum Gasteiger partial charge on any atom is -0.481 e. The quantitative estimate of drug-likeness (QED) is 0.665. The lowest BCUT2D eigenvalue weighted by Crippen LogP contribution is -2.41. The van der Waals surface area contributed by atoms with E-state index in [1.165, 1.54) is 0 Å². The van der Waals surface area contributed by atoms with Crippen molar-refractivity contribution < 1.29 is 19.8 Å². The van der Waals surface area contributed by atoms with E-state index in [9.17, 15) is 14.7 Å². The number of rotatable bonds is 5. The highest BCUT2D eigenvalue weighted by atomic mass is 16.4. The Morgan fingerprint density at radius 3 is 2.71 bits per heavy atom. The number of amides is 1. The second-order valence-electron chi connectivity index (χ2n) is 5.04. The Bertz CT molecular complexity index is 292. The molecule has 2 unspecified atom stereocenters. The molecule has 0 spiro atoms. The number of aliphatic hydroxyl groups is 1.